The van der Waals surface area contributed by atoms with E-state index in [1.807, 2.05) is 6.92 Å². The number of aldehydes is 1. The summed E-state index contributed by atoms with van der Waals surface area (Å²) >= 11 is 1.78. The quantitative estimate of drug-likeness (QED) is 0.573. The first-order valence-electron chi connectivity index (χ1n) is 5.37. The van der Waals surface area contributed by atoms with Gasteiger partial charge in [0.15, 0.2) is 0 Å². The first-order chi connectivity index (χ1) is 7.81. The number of hydrogen-bond acceptors (Lipinski definition) is 2. The van der Waals surface area contributed by atoms with Crippen molar-refractivity contribution in [3.05, 3.63) is 46.9 Å². The molecule has 0 aliphatic rings. The maximum Gasteiger partial charge on any atom is 0.142 e. The summed E-state index contributed by atoms with van der Waals surface area (Å²) in [7, 11) is 0. The predicted octanol–water partition coefficient (Wildman–Crippen LogP) is 3.98. The van der Waals surface area contributed by atoms with Crippen molar-refractivity contribution >= 4 is 27.7 Å². The highest BCUT2D eigenvalue weighted by atomic mass is 32.1. The Morgan fingerprint density at radius 3 is 3.06 bits per heavy atom. The van der Waals surface area contributed by atoms with Crippen molar-refractivity contribution in [2.45, 2.75) is 19.8 Å². The summed E-state index contributed by atoms with van der Waals surface area (Å²) in [5.41, 5.74) is 2.51. The van der Waals surface area contributed by atoms with Crippen LogP contribution in [0.4, 0.5) is 0 Å². The molecule has 1 heterocycles. The summed E-state index contributed by atoms with van der Waals surface area (Å²) in [6, 6.07) is 8.60. The molecule has 0 amide bonds. The van der Waals surface area contributed by atoms with Crippen molar-refractivity contribution in [1.82, 2.24) is 0 Å². The van der Waals surface area contributed by atoms with E-state index in [0.717, 1.165) is 24.7 Å². The Balaban J connectivity index is 2.18. The third kappa shape index (κ3) is 2.39. The molecule has 16 heavy (non-hydrogen) atoms. The number of hydrogen-bond donors (Lipinski definition) is 0. The summed E-state index contributed by atoms with van der Waals surface area (Å²) < 4.78 is 1.34. The summed E-state index contributed by atoms with van der Waals surface area (Å²) in [6.07, 6.45) is 4.46. The maximum atomic E-state index is 10.3. The van der Waals surface area contributed by atoms with Gasteiger partial charge in [-0.25, -0.2) is 0 Å². The zero-order valence-corrected chi connectivity index (χ0v) is 10.1. The van der Waals surface area contributed by atoms with E-state index in [4.69, 9.17) is 0 Å². The van der Waals surface area contributed by atoms with E-state index in [1.165, 1.54) is 15.6 Å². The van der Waals surface area contributed by atoms with Crippen LogP contribution in [0.2, 0.25) is 0 Å². The van der Waals surface area contributed by atoms with Crippen LogP contribution < -0.4 is 0 Å². The van der Waals surface area contributed by atoms with Crippen molar-refractivity contribution in [3.8, 4) is 0 Å². The van der Waals surface area contributed by atoms with Crippen LogP contribution in [0.1, 0.15) is 18.9 Å². The molecule has 2 aromatic rings. The SMILES string of the molecule is C/C(=C\C=O)CCc1cccc2sccc12. The Labute approximate surface area is 99.4 Å². The van der Waals surface area contributed by atoms with E-state index in [-0.39, 0.29) is 0 Å². The molecule has 0 aliphatic heterocycles. The molecular weight excluding hydrogens is 216 g/mol. The smallest absolute Gasteiger partial charge is 0.142 e. The van der Waals surface area contributed by atoms with Crippen LogP contribution in [0, 0.1) is 0 Å². The highest BCUT2D eigenvalue weighted by Crippen LogP contribution is 2.25. The molecule has 0 saturated heterocycles. The second kappa shape index (κ2) is 5.08. The topological polar surface area (TPSA) is 17.1 Å². The lowest BCUT2D eigenvalue weighted by Gasteiger charge is -2.03. The monoisotopic (exact) mass is 230 g/mol. The highest BCUT2D eigenvalue weighted by Gasteiger charge is 2.01. The van der Waals surface area contributed by atoms with Gasteiger partial charge in [0.05, 0.1) is 0 Å². The fraction of sp³-hybridized carbons (Fsp3) is 0.214. The summed E-state index contributed by atoms with van der Waals surface area (Å²) in [5.74, 6) is 0. The standard InChI is InChI=1S/C14H14OS/c1-11(7-9-15)5-6-12-3-2-4-14-13(12)8-10-16-14/h2-4,7-10H,5-6H2,1H3/b11-7+. The van der Waals surface area contributed by atoms with Gasteiger partial charge in [0, 0.05) is 4.70 Å². The first-order valence-corrected chi connectivity index (χ1v) is 6.25. The van der Waals surface area contributed by atoms with Crippen LogP contribution in [-0.4, -0.2) is 6.29 Å². The van der Waals surface area contributed by atoms with Crippen LogP contribution in [0.5, 0.6) is 0 Å². The minimum Gasteiger partial charge on any atom is -0.299 e. The fourth-order valence-corrected chi connectivity index (χ4v) is 2.64. The number of rotatable bonds is 4. The van der Waals surface area contributed by atoms with Crippen molar-refractivity contribution in [1.29, 1.82) is 0 Å². The predicted molar refractivity (Wildman–Crippen MR) is 70.0 cm³/mol. The van der Waals surface area contributed by atoms with E-state index < -0.39 is 0 Å². The average molecular weight is 230 g/mol. The van der Waals surface area contributed by atoms with Gasteiger partial charge in [-0.05, 0) is 54.3 Å². The molecule has 2 heteroatoms. The molecule has 2 rings (SSSR count). The van der Waals surface area contributed by atoms with Crippen LogP contribution in [0.3, 0.4) is 0 Å². The molecule has 0 aliphatic carbocycles. The number of allylic oxidation sites excluding steroid dienone is 2. The van der Waals surface area contributed by atoms with Crippen molar-refractivity contribution < 1.29 is 4.79 Å². The van der Waals surface area contributed by atoms with Gasteiger partial charge in [-0.2, -0.15) is 0 Å². The number of thiophene rings is 1. The third-order valence-electron chi connectivity index (χ3n) is 2.73. The molecule has 0 bridgehead atoms. The molecule has 1 aromatic carbocycles. The summed E-state index contributed by atoms with van der Waals surface area (Å²) in [6.45, 7) is 2.00. The van der Waals surface area contributed by atoms with Gasteiger partial charge < -0.3 is 0 Å². The van der Waals surface area contributed by atoms with Gasteiger partial charge >= 0.3 is 0 Å². The van der Waals surface area contributed by atoms with Crippen LogP contribution in [0.25, 0.3) is 10.1 Å². The van der Waals surface area contributed by atoms with Crippen LogP contribution in [-0.2, 0) is 11.2 Å². The zero-order valence-electron chi connectivity index (χ0n) is 9.27. The van der Waals surface area contributed by atoms with E-state index in [0.29, 0.717) is 0 Å². The number of fused-ring (bicyclic) bond motifs is 1. The van der Waals surface area contributed by atoms with Gasteiger partial charge in [0.2, 0.25) is 0 Å². The molecule has 0 saturated carbocycles. The molecular formula is C14H14OS. The second-order valence-corrected chi connectivity index (χ2v) is 4.85. The minimum atomic E-state index is 0.862. The van der Waals surface area contributed by atoms with Gasteiger partial charge in [-0.3, -0.25) is 4.79 Å². The molecule has 0 atom stereocenters. The van der Waals surface area contributed by atoms with Gasteiger partial charge in [-0.1, -0.05) is 17.7 Å². The Morgan fingerprint density at radius 2 is 2.25 bits per heavy atom. The third-order valence-corrected chi connectivity index (χ3v) is 3.61. The normalized spacial score (nSPS) is 11.9. The number of benzene rings is 1. The number of carbonyl (C=O) groups is 1. The lowest BCUT2D eigenvalue weighted by atomic mass is 10.0. The van der Waals surface area contributed by atoms with Gasteiger partial charge in [0.1, 0.15) is 6.29 Å². The largest absolute Gasteiger partial charge is 0.299 e. The molecule has 1 aromatic heterocycles. The number of carbonyl (C=O) groups excluding carboxylic acids is 1. The molecule has 0 radical (unpaired) electrons. The lowest BCUT2D eigenvalue weighted by molar-refractivity contribution is -0.104. The van der Waals surface area contributed by atoms with Crippen molar-refractivity contribution in [2.24, 2.45) is 0 Å². The van der Waals surface area contributed by atoms with Crippen LogP contribution >= 0.6 is 11.3 Å². The maximum absolute atomic E-state index is 10.3. The summed E-state index contributed by atoms with van der Waals surface area (Å²) in [4.78, 5) is 10.3. The molecule has 0 fully saturated rings. The van der Waals surface area contributed by atoms with E-state index >= 15 is 0 Å². The zero-order chi connectivity index (χ0) is 11.4. The lowest BCUT2D eigenvalue weighted by Crippen LogP contribution is -1.87. The first kappa shape index (κ1) is 11.1. The molecule has 82 valence electrons. The Morgan fingerprint density at radius 1 is 1.38 bits per heavy atom. The fourth-order valence-electron chi connectivity index (χ4n) is 1.81. The van der Waals surface area contributed by atoms with Crippen molar-refractivity contribution in [2.75, 3.05) is 0 Å². The van der Waals surface area contributed by atoms with E-state index in [9.17, 15) is 4.79 Å². The Bertz CT molecular complexity index is 522. The van der Waals surface area contributed by atoms with Gasteiger partial charge in [-0.15, -0.1) is 11.3 Å². The van der Waals surface area contributed by atoms with Crippen LogP contribution in [0.15, 0.2) is 41.3 Å². The molecule has 0 N–H and O–H groups in total. The Kier molecular flexibility index (Phi) is 3.52. The molecule has 0 unspecified atom stereocenters. The van der Waals surface area contributed by atoms with E-state index in [2.05, 4.69) is 29.6 Å². The van der Waals surface area contributed by atoms with Gasteiger partial charge in [0.25, 0.3) is 0 Å². The molecule has 1 nitrogen and oxygen atoms in total. The average Bonchev–Trinajstić information content (AvgIpc) is 2.75. The summed E-state index contributed by atoms with van der Waals surface area (Å²) in [5, 5.41) is 3.48. The minimum absolute atomic E-state index is 0.862. The highest BCUT2D eigenvalue weighted by molar-refractivity contribution is 7.17. The number of aryl methyl sites for hydroxylation is 1. The van der Waals surface area contributed by atoms with E-state index in [1.54, 1.807) is 17.4 Å². The molecule has 0 spiro atoms. The second-order valence-electron chi connectivity index (χ2n) is 3.90. The van der Waals surface area contributed by atoms with Crippen molar-refractivity contribution in [3.63, 3.8) is 0 Å². The Hall–Kier alpha value is -1.41.